The molecular formula is C14H12BrFN2S. The highest BCUT2D eigenvalue weighted by atomic mass is 79.9. The fourth-order valence-electron chi connectivity index (χ4n) is 1.77. The van der Waals surface area contributed by atoms with Gasteiger partial charge in [0.2, 0.25) is 0 Å². The topological polar surface area (TPSA) is 38.0 Å². The minimum Gasteiger partial charge on any atom is -0.389 e. The first-order valence-corrected chi connectivity index (χ1v) is 6.79. The van der Waals surface area contributed by atoms with Crippen molar-refractivity contribution in [1.29, 1.82) is 0 Å². The lowest BCUT2D eigenvalue weighted by Gasteiger charge is -2.10. The Morgan fingerprint density at radius 2 is 1.95 bits per heavy atom. The van der Waals surface area contributed by atoms with Gasteiger partial charge in [-0.05, 0) is 64.8 Å². The van der Waals surface area contributed by atoms with Gasteiger partial charge in [0.15, 0.2) is 0 Å². The molecule has 0 aliphatic rings. The van der Waals surface area contributed by atoms with Crippen LogP contribution in [-0.2, 0) is 0 Å². The molecule has 0 saturated heterocycles. The van der Waals surface area contributed by atoms with Gasteiger partial charge >= 0.3 is 0 Å². The smallest absolute Gasteiger partial charge is 0.125 e. The molecular weight excluding hydrogens is 327 g/mol. The number of anilines is 2. The summed E-state index contributed by atoms with van der Waals surface area (Å²) in [7, 11) is 0. The van der Waals surface area contributed by atoms with Gasteiger partial charge in [-0.2, -0.15) is 0 Å². The maximum atomic E-state index is 13.3. The van der Waals surface area contributed by atoms with E-state index < -0.39 is 0 Å². The number of halogens is 2. The predicted molar refractivity (Wildman–Crippen MR) is 84.4 cm³/mol. The Balaban J connectivity index is 2.28. The van der Waals surface area contributed by atoms with Crippen LogP contribution in [0.15, 0.2) is 40.9 Å². The van der Waals surface area contributed by atoms with Crippen LogP contribution >= 0.6 is 28.1 Å². The number of thiocarbonyl (C=S) groups is 1. The summed E-state index contributed by atoms with van der Waals surface area (Å²) in [6.45, 7) is 1.85. The monoisotopic (exact) mass is 338 g/mol. The van der Waals surface area contributed by atoms with Crippen LogP contribution in [0.5, 0.6) is 0 Å². The van der Waals surface area contributed by atoms with Crippen molar-refractivity contribution in [1.82, 2.24) is 0 Å². The third-order valence-corrected chi connectivity index (χ3v) is 3.44. The Bertz CT molecular complexity index is 623. The van der Waals surface area contributed by atoms with Gasteiger partial charge in [-0.1, -0.05) is 12.2 Å². The lowest BCUT2D eigenvalue weighted by Crippen LogP contribution is -2.10. The van der Waals surface area contributed by atoms with E-state index >= 15 is 0 Å². The lowest BCUT2D eigenvalue weighted by molar-refractivity contribution is 0.627. The average Bonchev–Trinajstić information content (AvgIpc) is 2.26. The fourth-order valence-corrected chi connectivity index (χ4v) is 2.67. The molecule has 3 N–H and O–H groups in total. The molecule has 2 aromatic carbocycles. The predicted octanol–water partition coefficient (Wildman–Crippen LogP) is 4.27. The molecule has 0 aromatic heterocycles. The summed E-state index contributed by atoms with van der Waals surface area (Å²) in [5.41, 5.74) is 8.76. The van der Waals surface area contributed by atoms with Crippen molar-refractivity contribution < 1.29 is 4.39 Å². The van der Waals surface area contributed by atoms with Crippen molar-refractivity contribution in [2.75, 3.05) is 5.32 Å². The second kappa shape index (κ2) is 5.67. The summed E-state index contributed by atoms with van der Waals surface area (Å²) in [6, 6.07) is 10.3. The lowest BCUT2D eigenvalue weighted by atomic mass is 10.2. The number of hydrogen-bond donors (Lipinski definition) is 2. The van der Waals surface area contributed by atoms with Crippen LogP contribution in [0.25, 0.3) is 0 Å². The van der Waals surface area contributed by atoms with Crippen molar-refractivity contribution >= 4 is 44.5 Å². The van der Waals surface area contributed by atoms with Gasteiger partial charge in [-0.15, -0.1) is 0 Å². The SMILES string of the molecule is Cc1cc(F)cc(Nc2ccc(C(N)=S)c(Br)c2)c1. The van der Waals surface area contributed by atoms with Gasteiger partial charge in [0.05, 0.1) is 0 Å². The molecule has 19 heavy (non-hydrogen) atoms. The van der Waals surface area contributed by atoms with E-state index in [1.54, 1.807) is 0 Å². The Morgan fingerprint density at radius 1 is 1.21 bits per heavy atom. The third kappa shape index (κ3) is 3.52. The minimum absolute atomic E-state index is 0.263. The summed E-state index contributed by atoms with van der Waals surface area (Å²) in [6.07, 6.45) is 0. The van der Waals surface area contributed by atoms with Crippen LogP contribution in [0, 0.1) is 12.7 Å². The fraction of sp³-hybridized carbons (Fsp3) is 0.0714. The van der Waals surface area contributed by atoms with Crippen molar-refractivity contribution in [2.45, 2.75) is 6.92 Å². The summed E-state index contributed by atoms with van der Waals surface area (Å²) < 4.78 is 14.1. The summed E-state index contributed by atoms with van der Waals surface area (Å²) in [5.74, 6) is -0.263. The van der Waals surface area contributed by atoms with Gasteiger partial charge < -0.3 is 11.1 Å². The molecule has 0 saturated carbocycles. The quantitative estimate of drug-likeness (QED) is 0.820. The molecule has 0 amide bonds. The molecule has 2 nitrogen and oxygen atoms in total. The Hall–Kier alpha value is -1.46. The van der Waals surface area contributed by atoms with Crippen molar-refractivity contribution in [3.8, 4) is 0 Å². The summed E-state index contributed by atoms with van der Waals surface area (Å²) >= 11 is 8.34. The third-order valence-electron chi connectivity index (χ3n) is 2.57. The molecule has 0 heterocycles. The molecule has 2 rings (SSSR count). The molecule has 0 aliphatic carbocycles. The summed E-state index contributed by atoms with van der Waals surface area (Å²) in [4.78, 5) is 0.333. The molecule has 0 fully saturated rings. The molecule has 0 atom stereocenters. The number of hydrogen-bond acceptors (Lipinski definition) is 2. The Kier molecular flexibility index (Phi) is 4.17. The van der Waals surface area contributed by atoms with Crippen molar-refractivity contribution in [3.05, 3.63) is 57.8 Å². The molecule has 98 valence electrons. The molecule has 0 radical (unpaired) electrons. The maximum absolute atomic E-state index is 13.3. The Morgan fingerprint density at radius 3 is 2.53 bits per heavy atom. The standard InChI is InChI=1S/C14H12BrFN2S/c1-8-4-9(16)6-11(5-8)18-10-2-3-12(14(17)19)13(15)7-10/h2-7,18H,1H3,(H2,17,19). The van der Waals surface area contributed by atoms with E-state index in [9.17, 15) is 4.39 Å². The van der Waals surface area contributed by atoms with E-state index in [0.717, 1.165) is 21.3 Å². The van der Waals surface area contributed by atoms with Crippen LogP contribution in [-0.4, -0.2) is 4.99 Å². The van der Waals surface area contributed by atoms with E-state index in [-0.39, 0.29) is 5.82 Å². The van der Waals surface area contributed by atoms with Gasteiger partial charge in [0, 0.05) is 21.4 Å². The number of benzene rings is 2. The zero-order valence-electron chi connectivity index (χ0n) is 10.2. The first-order valence-electron chi connectivity index (χ1n) is 5.59. The van der Waals surface area contributed by atoms with Gasteiger partial charge in [0.1, 0.15) is 10.8 Å². The van der Waals surface area contributed by atoms with E-state index in [1.807, 2.05) is 31.2 Å². The summed E-state index contributed by atoms with van der Waals surface area (Å²) in [5, 5.41) is 3.14. The zero-order chi connectivity index (χ0) is 14.0. The number of nitrogens with two attached hydrogens (primary N) is 1. The molecule has 0 bridgehead atoms. The second-order valence-corrected chi connectivity index (χ2v) is 5.50. The van der Waals surface area contributed by atoms with Gasteiger partial charge in [-0.3, -0.25) is 0 Å². The van der Waals surface area contributed by atoms with Gasteiger partial charge in [0.25, 0.3) is 0 Å². The zero-order valence-corrected chi connectivity index (χ0v) is 12.6. The molecule has 5 heteroatoms. The number of rotatable bonds is 3. The van der Waals surface area contributed by atoms with Crippen LogP contribution in [0.4, 0.5) is 15.8 Å². The van der Waals surface area contributed by atoms with E-state index in [2.05, 4.69) is 21.2 Å². The average molecular weight is 339 g/mol. The molecule has 0 aliphatic heterocycles. The highest BCUT2D eigenvalue weighted by Crippen LogP contribution is 2.25. The first kappa shape index (κ1) is 14.0. The first-order chi connectivity index (χ1) is 8.95. The van der Waals surface area contributed by atoms with E-state index in [0.29, 0.717) is 10.7 Å². The highest BCUT2D eigenvalue weighted by molar-refractivity contribution is 9.10. The van der Waals surface area contributed by atoms with Crippen LogP contribution in [0.3, 0.4) is 0 Å². The molecule has 0 unspecified atom stereocenters. The van der Waals surface area contributed by atoms with Crippen molar-refractivity contribution in [2.24, 2.45) is 5.73 Å². The van der Waals surface area contributed by atoms with Crippen LogP contribution in [0.1, 0.15) is 11.1 Å². The van der Waals surface area contributed by atoms with Gasteiger partial charge in [-0.25, -0.2) is 4.39 Å². The van der Waals surface area contributed by atoms with Crippen molar-refractivity contribution in [3.63, 3.8) is 0 Å². The number of nitrogens with one attached hydrogen (secondary N) is 1. The second-order valence-electron chi connectivity index (χ2n) is 4.20. The highest BCUT2D eigenvalue weighted by Gasteiger charge is 2.05. The van der Waals surface area contributed by atoms with Crippen LogP contribution < -0.4 is 11.1 Å². The molecule has 0 spiro atoms. The molecule has 2 aromatic rings. The maximum Gasteiger partial charge on any atom is 0.125 e. The largest absolute Gasteiger partial charge is 0.389 e. The van der Waals surface area contributed by atoms with E-state index in [1.165, 1.54) is 12.1 Å². The van der Waals surface area contributed by atoms with E-state index in [4.69, 9.17) is 18.0 Å². The Labute approximate surface area is 124 Å². The number of aryl methyl sites for hydroxylation is 1. The normalized spacial score (nSPS) is 10.3. The minimum atomic E-state index is -0.263. The van der Waals surface area contributed by atoms with Crippen LogP contribution in [0.2, 0.25) is 0 Å².